The van der Waals surface area contributed by atoms with Gasteiger partial charge in [-0.1, -0.05) is 30.3 Å². The predicted octanol–water partition coefficient (Wildman–Crippen LogP) is 5.17. The number of likely N-dealkylation sites (N-methyl/N-ethyl adjacent to an activating group) is 1. The van der Waals surface area contributed by atoms with E-state index >= 15 is 0 Å². The molecule has 6 heteroatoms. The van der Waals surface area contributed by atoms with Crippen molar-refractivity contribution in [2.24, 2.45) is 4.99 Å². The van der Waals surface area contributed by atoms with Crippen molar-refractivity contribution >= 4 is 39.1 Å². The number of nitrogens with zero attached hydrogens (tertiary/aromatic N) is 3. The quantitative estimate of drug-likeness (QED) is 0.542. The molecule has 1 fully saturated rings. The van der Waals surface area contributed by atoms with E-state index < -0.39 is 5.54 Å². The number of hydrogen-bond acceptors (Lipinski definition) is 4. The summed E-state index contributed by atoms with van der Waals surface area (Å²) in [5.41, 5.74) is 3.94. The molecule has 1 saturated heterocycles. The number of aryl methyl sites for hydroxylation is 2. The molecule has 0 bridgehead atoms. The van der Waals surface area contributed by atoms with E-state index in [0.29, 0.717) is 32.5 Å². The summed E-state index contributed by atoms with van der Waals surface area (Å²) in [6.45, 7) is 9.69. The van der Waals surface area contributed by atoms with Crippen molar-refractivity contribution in [2.75, 3.05) is 19.6 Å². The van der Waals surface area contributed by atoms with Crippen molar-refractivity contribution in [1.29, 1.82) is 0 Å². The Morgan fingerprint density at radius 3 is 2.30 bits per heavy atom. The zero-order valence-electron chi connectivity index (χ0n) is 19.6. The van der Waals surface area contributed by atoms with Gasteiger partial charge in [-0.3, -0.25) is 19.5 Å². The summed E-state index contributed by atoms with van der Waals surface area (Å²) in [7, 11) is 0. The van der Waals surface area contributed by atoms with E-state index in [-0.39, 0.29) is 11.8 Å². The molecule has 2 aliphatic rings. The van der Waals surface area contributed by atoms with Gasteiger partial charge in [0.15, 0.2) is 0 Å². The van der Waals surface area contributed by atoms with Crippen LogP contribution in [0, 0.1) is 13.8 Å². The lowest BCUT2D eigenvalue weighted by molar-refractivity contribution is -0.137. The highest BCUT2D eigenvalue weighted by atomic mass is 32.1. The van der Waals surface area contributed by atoms with Crippen molar-refractivity contribution in [3.05, 3.63) is 58.5 Å². The highest BCUT2D eigenvalue weighted by Crippen LogP contribution is 2.36. The summed E-state index contributed by atoms with van der Waals surface area (Å²) < 4.78 is 1.32. The Morgan fingerprint density at radius 2 is 1.67 bits per heavy atom. The van der Waals surface area contributed by atoms with E-state index in [9.17, 15) is 9.59 Å². The van der Waals surface area contributed by atoms with E-state index in [4.69, 9.17) is 4.99 Å². The molecule has 5 nitrogen and oxygen atoms in total. The number of benzene rings is 2. The molecule has 0 aliphatic carbocycles. The first-order valence-corrected chi connectivity index (χ1v) is 12.4. The molecule has 5 rings (SSSR count). The van der Waals surface area contributed by atoms with Gasteiger partial charge in [-0.25, -0.2) is 0 Å². The first-order valence-electron chi connectivity index (χ1n) is 11.6. The summed E-state index contributed by atoms with van der Waals surface area (Å²) in [6.07, 6.45) is 1.17. The number of hydrogen-bond donors (Lipinski definition) is 0. The van der Waals surface area contributed by atoms with Gasteiger partial charge in [-0.2, -0.15) is 0 Å². The molecule has 170 valence electrons. The Labute approximate surface area is 198 Å². The highest BCUT2D eigenvalue weighted by Gasteiger charge is 2.49. The number of fused-ring (bicyclic) bond motifs is 1. The van der Waals surface area contributed by atoms with Gasteiger partial charge in [0.05, 0.1) is 0 Å². The largest absolute Gasteiger partial charge is 0.343 e. The van der Waals surface area contributed by atoms with Crippen molar-refractivity contribution < 1.29 is 9.59 Å². The second kappa shape index (κ2) is 8.10. The summed E-state index contributed by atoms with van der Waals surface area (Å²) in [5, 5.41) is 1.32. The molecule has 1 spiro atoms. The van der Waals surface area contributed by atoms with Gasteiger partial charge in [0.2, 0.25) is 5.91 Å². The summed E-state index contributed by atoms with van der Waals surface area (Å²) in [5.74, 6) is 0.888. The second-order valence-electron chi connectivity index (χ2n) is 9.09. The molecular formula is C27H29N3O2S. The van der Waals surface area contributed by atoms with Crippen LogP contribution in [0.25, 0.3) is 21.2 Å². The van der Waals surface area contributed by atoms with Crippen LogP contribution in [-0.4, -0.2) is 52.6 Å². The minimum Gasteiger partial charge on any atom is -0.343 e. The van der Waals surface area contributed by atoms with E-state index in [2.05, 4.69) is 56.3 Å². The molecule has 1 aromatic heterocycles. The van der Waals surface area contributed by atoms with E-state index in [1.54, 1.807) is 6.92 Å². The second-order valence-corrected chi connectivity index (χ2v) is 10.4. The number of amidine groups is 1. The minimum absolute atomic E-state index is 0.0634. The smallest absolute Gasteiger partial charge is 0.256 e. The van der Waals surface area contributed by atoms with Crippen molar-refractivity contribution in [1.82, 2.24) is 9.80 Å². The molecule has 33 heavy (non-hydrogen) atoms. The average molecular weight is 460 g/mol. The molecule has 0 radical (unpaired) electrons. The Bertz CT molecular complexity index is 1280. The molecule has 2 aliphatic heterocycles. The molecule has 2 aromatic carbocycles. The Balaban J connectivity index is 1.45. The SMILES string of the molecule is CCN1C(=O)C2(CCN(C(C)=O)CC2)N=C1c1ccc(-c2ccc3sc(C)c(C)c3c2)cc1. The first-order chi connectivity index (χ1) is 15.8. The summed E-state index contributed by atoms with van der Waals surface area (Å²) in [6, 6.07) is 15.0. The number of rotatable bonds is 3. The minimum atomic E-state index is -0.727. The van der Waals surface area contributed by atoms with E-state index in [0.717, 1.165) is 17.0 Å². The molecule has 0 unspecified atom stereocenters. The monoisotopic (exact) mass is 459 g/mol. The standard InChI is InChI=1S/C27H29N3O2S/c1-5-30-25(28-27(26(30)32)12-14-29(15-13-27)19(4)31)21-8-6-20(7-9-21)22-10-11-24-23(16-22)17(2)18(3)33-24/h6-11,16H,5,12-15H2,1-4H3. The number of thiophene rings is 1. The van der Waals surface area contributed by atoms with Gasteiger partial charge in [0, 0.05) is 41.7 Å². The maximum atomic E-state index is 13.3. The summed E-state index contributed by atoms with van der Waals surface area (Å²) in [4.78, 5) is 35.0. The zero-order valence-corrected chi connectivity index (χ0v) is 20.5. The maximum absolute atomic E-state index is 13.3. The fourth-order valence-corrected chi connectivity index (χ4v) is 6.07. The van der Waals surface area contributed by atoms with Crippen LogP contribution in [0.15, 0.2) is 47.5 Å². The van der Waals surface area contributed by atoms with Gasteiger partial charge in [-0.05, 0) is 67.8 Å². The van der Waals surface area contributed by atoms with E-state index in [1.807, 2.05) is 28.1 Å². The lowest BCUT2D eigenvalue weighted by Crippen LogP contribution is -2.51. The van der Waals surface area contributed by atoms with Crippen LogP contribution in [-0.2, 0) is 9.59 Å². The highest BCUT2D eigenvalue weighted by molar-refractivity contribution is 7.19. The van der Waals surface area contributed by atoms with Crippen LogP contribution in [0.2, 0.25) is 0 Å². The zero-order chi connectivity index (χ0) is 23.3. The van der Waals surface area contributed by atoms with Crippen molar-refractivity contribution in [3.8, 4) is 11.1 Å². The number of likely N-dealkylation sites (tertiary alicyclic amines) is 1. The number of piperidine rings is 1. The maximum Gasteiger partial charge on any atom is 0.256 e. The van der Waals surface area contributed by atoms with Crippen LogP contribution in [0.3, 0.4) is 0 Å². The molecule has 0 saturated carbocycles. The number of carbonyl (C=O) groups is 2. The molecular weight excluding hydrogens is 430 g/mol. The Kier molecular flexibility index (Phi) is 5.36. The lowest BCUT2D eigenvalue weighted by atomic mass is 9.87. The third kappa shape index (κ3) is 3.57. The third-order valence-electron chi connectivity index (χ3n) is 7.22. The van der Waals surface area contributed by atoms with Gasteiger partial charge >= 0.3 is 0 Å². The number of amides is 2. The van der Waals surface area contributed by atoms with Crippen LogP contribution >= 0.6 is 11.3 Å². The topological polar surface area (TPSA) is 53.0 Å². The Hall–Kier alpha value is -2.99. The number of aliphatic imine (C=N–C) groups is 1. The van der Waals surface area contributed by atoms with Crippen molar-refractivity contribution in [3.63, 3.8) is 0 Å². The molecule has 0 N–H and O–H groups in total. The van der Waals surface area contributed by atoms with Gasteiger partial charge < -0.3 is 4.90 Å². The average Bonchev–Trinajstić information content (AvgIpc) is 3.26. The fourth-order valence-electron chi connectivity index (χ4n) is 5.02. The summed E-state index contributed by atoms with van der Waals surface area (Å²) >= 11 is 1.84. The van der Waals surface area contributed by atoms with Gasteiger partial charge in [0.25, 0.3) is 5.91 Å². The first kappa shape index (κ1) is 21.8. The predicted molar refractivity (Wildman–Crippen MR) is 135 cm³/mol. The fraction of sp³-hybridized carbons (Fsp3) is 0.370. The van der Waals surface area contributed by atoms with Crippen LogP contribution in [0.4, 0.5) is 0 Å². The van der Waals surface area contributed by atoms with Gasteiger partial charge in [0.1, 0.15) is 11.4 Å². The lowest BCUT2D eigenvalue weighted by Gasteiger charge is -2.35. The number of carbonyl (C=O) groups excluding carboxylic acids is 2. The van der Waals surface area contributed by atoms with Crippen LogP contribution in [0.5, 0.6) is 0 Å². The Morgan fingerprint density at radius 1 is 1.03 bits per heavy atom. The van der Waals surface area contributed by atoms with Gasteiger partial charge in [-0.15, -0.1) is 11.3 Å². The van der Waals surface area contributed by atoms with Crippen LogP contribution in [0.1, 0.15) is 42.7 Å². The molecule has 0 atom stereocenters. The third-order valence-corrected chi connectivity index (χ3v) is 8.41. The molecule has 3 heterocycles. The normalized spacial score (nSPS) is 17.8. The van der Waals surface area contributed by atoms with Crippen LogP contribution < -0.4 is 0 Å². The van der Waals surface area contributed by atoms with E-state index in [1.165, 1.54) is 26.1 Å². The molecule has 3 aromatic rings. The van der Waals surface area contributed by atoms with Crippen molar-refractivity contribution in [2.45, 2.75) is 46.1 Å². The molecule has 2 amide bonds.